The van der Waals surface area contributed by atoms with E-state index in [1.807, 2.05) is 58.9 Å². The van der Waals surface area contributed by atoms with Crippen molar-refractivity contribution in [2.45, 2.75) is 52.1 Å². The fourth-order valence-corrected chi connectivity index (χ4v) is 6.47. The lowest BCUT2D eigenvalue weighted by Crippen LogP contribution is -2.23. The number of aryl methyl sites for hydroxylation is 1. The van der Waals surface area contributed by atoms with Crippen LogP contribution in [0.4, 0.5) is 13.2 Å². The standard InChI is InChI=1S/C20H24F3OP/c1-13(2)25(24,14(3)4)19-12-16(20(21,22)23)10-11-18(19)17-9-7-6-8-15(17)5/h6-14H,1-5H3. The average molecular weight is 368 g/mol. The van der Waals surface area contributed by atoms with Gasteiger partial charge in [0.15, 0.2) is 0 Å². The van der Waals surface area contributed by atoms with Gasteiger partial charge in [-0.05, 0) is 35.7 Å². The van der Waals surface area contributed by atoms with Crippen molar-refractivity contribution in [1.82, 2.24) is 0 Å². The number of hydrogen-bond acceptors (Lipinski definition) is 1. The Morgan fingerprint density at radius 2 is 1.44 bits per heavy atom. The van der Waals surface area contributed by atoms with Gasteiger partial charge < -0.3 is 4.57 Å². The lowest BCUT2D eigenvalue weighted by molar-refractivity contribution is -0.137. The molecule has 25 heavy (non-hydrogen) atoms. The van der Waals surface area contributed by atoms with Crippen LogP contribution in [-0.4, -0.2) is 11.3 Å². The molecule has 0 amide bonds. The molecule has 2 aromatic carbocycles. The summed E-state index contributed by atoms with van der Waals surface area (Å²) in [4.78, 5) is 0. The summed E-state index contributed by atoms with van der Waals surface area (Å²) in [6.07, 6.45) is -4.46. The normalized spacial score (nSPS) is 12.9. The van der Waals surface area contributed by atoms with E-state index >= 15 is 0 Å². The second-order valence-electron chi connectivity index (χ2n) is 6.94. The van der Waals surface area contributed by atoms with Crippen LogP contribution in [-0.2, 0) is 10.7 Å². The third-order valence-corrected chi connectivity index (χ3v) is 8.86. The first-order valence-electron chi connectivity index (χ1n) is 8.36. The molecular weight excluding hydrogens is 344 g/mol. The maximum absolute atomic E-state index is 13.8. The zero-order chi connectivity index (χ0) is 19.0. The molecule has 0 aliphatic carbocycles. The van der Waals surface area contributed by atoms with E-state index in [0.29, 0.717) is 10.9 Å². The molecule has 0 fully saturated rings. The van der Waals surface area contributed by atoms with E-state index in [4.69, 9.17) is 0 Å². The fraction of sp³-hybridized carbons (Fsp3) is 0.400. The lowest BCUT2D eigenvalue weighted by Gasteiger charge is -2.29. The summed E-state index contributed by atoms with van der Waals surface area (Å²) in [5.74, 6) is 0. The summed E-state index contributed by atoms with van der Waals surface area (Å²) in [5, 5.41) is 0.335. The molecule has 0 radical (unpaired) electrons. The van der Waals surface area contributed by atoms with Gasteiger partial charge >= 0.3 is 6.18 Å². The van der Waals surface area contributed by atoms with Crippen LogP contribution in [0.1, 0.15) is 38.8 Å². The number of benzene rings is 2. The van der Waals surface area contributed by atoms with Crippen molar-refractivity contribution in [3.8, 4) is 11.1 Å². The van der Waals surface area contributed by atoms with Gasteiger partial charge in [-0.1, -0.05) is 58.0 Å². The largest absolute Gasteiger partial charge is 0.416 e. The van der Waals surface area contributed by atoms with Crippen molar-refractivity contribution in [2.24, 2.45) is 0 Å². The minimum Gasteiger partial charge on any atom is -0.318 e. The third-order valence-electron chi connectivity index (χ3n) is 4.67. The number of hydrogen-bond donors (Lipinski definition) is 0. The molecule has 0 atom stereocenters. The van der Waals surface area contributed by atoms with Crippen LogP contribution in [0.2, 0.25) is 0 Å². The lowest BCUT2D eigenvalue weighted by atomic mass is 9.99. The molecule has 0 spiro atoms. The highest BCUT2D eigenvalue weighted by atomic mass is 31.2. The predicted molar refractivity (Wildman–Crippen MR) is 99.1 cm³/mol. The second kappa shape index (κ2) is 6.99. The van der Waals surface area contributed by atoms with Crippen molar-refractivity contribution in [2.75, 3.05) is 0 Å². The minimum absolute atomic E-state index is 0.237. The monoisotopic (exact) mass is 368 g/mol. The Hall–Kier alpha value is -1.54. The number of halogens is 3. The molecule has 0 heterocycles. The zero-order valence-corrected chi connectivity index (χ0v) is 16.1. The molecular formula is C20H24F3OP. The molecule has 0 unspecified atom stereocenters. The van der Waals surface area contributed by atoms with E-state index in [1.54, 1.807) is 0 Å². The van der Waals surface area contributed by atoms with E-state index in [2.05, 4.69) is 0 Å². The summed E-state index contributed by atoms with van der Waals surface area (Å²) in [6, 6.07) is 11.2. The van der Waals surface area contributed by atoms with E-state index in [0.717, 1.165) is 23.3 Å². The molecule has 0 bridgehead atoms. The van der Waals surface area contributed by atoms with Crippen molar-refractivity contribution in [1.29, 1.82) is 0 Å². The summed E-state index contributed by atoms with van der Waals surface area (Å²) in [6.45, 7) is 9.20. The molecule has 136 valence electrons. The maximum atomic E-state index is 13.8. The van der Waals surface area contributed by atoms with E-state index < -0.39 is 18.9 Å². The van der Waals surface area contributed by atoms with Gasteiger partial charge in [-0.15, -0.1) is 0 Å². The van der Waals surface area contributed by atoms with Gasteiger partial charge in [-0.25, -0.2) is 0 Å². The van der Waals surface area contributed by atoms with Gasteiger partial charge in [0, 0.05) is 16.6 Å². The molecule has 0 saturated carbocycles. The highest BCUT2D eigenvalue weighted by Gasteiger charge is 2.38. The Kier molecular flexibility index (Phi) is 5.53. The number of alkyl halides is 3. The molecule has 0 aliphatic rings. The molecule has 5 heteroatoms. The van der Waals surface area contributed by atoms with Crippen molar-refractivity contribution in [3.05, 3.63) is 53.6 Å². The Morgan fingerprint density at radius 1 is 0.880 bits per heavy atom. The Bertz CT molecular complexity index is 795. The highest BCUT2D eigenvalue weighted by Crippen LogP contribution is 2.56. The second-order valence-corrected chi connectivity index (χ2v) is 10.9. The highest BCUT2D eigenvalue weighted by molar-refractivity contribution is 7.73. The molecule has 2 aromatic rings. The Balaban J connectivity index is 2.86. The molecule has 0 N–H and O–H groups in total. The van der Waals surface area contributed by atoms with Gasteiger partial charge in [-0.3, -0.25) is 0 Å². The van der Waals surface area contributed by atoms with Crippen molar-refractivity contribution < 1.29 is 17.7 Å². The smallest absolute Gasteiger partial charge is 0.318 e. The van der Waals surface area contributed by atoms with Crippen LogP contribution < -0.4 is 5.30 Å². The molecule has 0 saturated heterocycles. The minimum atomic E-state index is -4.46. The summed E-state index contributed by atoms with van der Waals surface area (Å²) < 4.78 is 53.7. The molecule has 1 nitrogen and oxygen atoms in total. The SMILES string of the molecule is Cc1ccccc1-c1ccc(C(F)(F)F)cc1P(=O)(C(C)C)C(C)C. The van der Waals surface area contributed by atoms with E-state index in [-0.39, 0.29) is 11.3 Å². The first-order chi connectivity index (χ1) is 11.5. The van der Waals surface area contributed by atoms with Gasteiger partial charge in [0.1, 0.15) is 7.14 Å². The summed E-state index contributed by atoms with van der Waals surface area (Å²) in [5.41, 5.74) is 1.19. The average Bonchev–Trinajstić information content (AvgIpc) is 2.52. The van der Waals surface area contributed by atoms with Gasteiger partial charge in [0.25, 0.3) is 0 Å². The first kappa shape index (κ1) is 19.8. The summed E-state index contributed by atoms with van der Waals surface area (Å²) >= 11 is 0. The fourth-order valence-electron chi connectivity index (χ4n) is 3.25. The van der Waals surface area contributed by atoms with Gasteiger partial charge in [0.05, 0.1) is 5.56 Å². The Morgan fingerprint density at radius 3 is 1.92 bits per heavy atom. The first-order valence-corrected chi connectivity index (χ1v) is 10.2. The predicted octanol–water partition coefficient (Wildman–Crippen LogP) is 6.49. The van der Waals surface area contributed by atoms with Crippen LogP contribution in [0, 0.1) is 6.92 Å². The maximum Gasteiger partial charge on any atom is 0.416 e. The molecule has 0 aromatic heterocycles. The summed E-state index contributed by atoms with van der Waals surface area (Å²) in [7, 11) is -3.04. The van der Waals surface area contributed by atoms with Gasteiger partial charge in [-0.2, -0.15) is 13.2 Å². The van der Waals surface area contributed by atoms with E-state index in [9.17, 15) is 17.7 Å². The third kappa shape index (κ3) is 3.69. The quantitative estimate of drug-likeness (QED) is 0.564. The number of rotatable bonds is 4. The van der Waals surface area contributed by atoms with E-state index in [1.165, 1.54) is 6.07 Å². The molecule has 2 rings (SSSR count). The van der Waals surface area contributed by atoms with Crippen LogP contribution in [0.25, 0.3) is 11.1 Å². The van der Waals surface area contributed by atoms with Gasteiger partial charge in [0.2, 0.25) is 0 Å². The van der Waals surface area contributed by atoms with Crippen molar-refractivity contribution in [3.63, 3.8) is 0 Å². The van der Waals surface area contributed by atoms with Crippen LogP contribution in [0.15, 0.2) is 42.5 Å². The molecule has 0 aliphatic heterocycles. The van der Waals surface area contributed by atoms with Crippen LogP contribution >= 0.6 is 7.14 Å². The zero-order valence-electron chi connectivity index (χ0n) is 15.2. The van der Waals surface area contributed by atoms with Crippen LogP contribution in [0.5, 0.6) is 0 Å². The topological polar surface area (TPSA) is 17.1 Å². The Labute approximate surface area is 147 Å². The van der Waals surface area contributed by atoms with Crippen molar-refractivity contribution >= 4 is 12.4 Å². The van der Waals surface area contributed by atoms with Crippen LogP contribution in [0.3, 0.4) is 0 Å².